The van der Waals surface area contributed by atoms with E-state index in [0.717, 1.165) is 5.56 Å². The number of non-ortho nitro benzene ring substituents is 1. The van der Waals surface area contributed by atoms with E-state index in [4.69, 9.17) is 11.6 Å². The molecule has 0 bridgehead atoms. The molecule has 7 nitrogen and oxygen atoms in total. The van der Waals surface area contributed by atoms with Crippen molar-refractivity contribution in [2.75, 3.05) is 19.6 Å². The van der Waals surface area contributed by atoms with E-state index in [0.29, 0.717) is 30.2 Å². The van der Waals surface area contributed by atoms with E-state index in [1.807, 2.05) is 6.07 Å². The van der Waals surface area contributed by atoms with Crippen LogP contribution in [0, 0.1) is 10.1 Å². The first-order chi connectivity index (χ1) is 12.4. The molecule has 0 amide bonds. The fourth-order valence-electron chi connectivity index (χ4n) is 3.02. The molecule has 1 saturated heterocycles. The van der Waals surface area contributed by atoms with E-state index < -0.39 is 14.9 Å². The summed E-state index contributed by atoms with van der Waals surface area (Å²) in [6, 6.07) is 12.4. The molecule has 1 fully saturated rings. The van der Waals surface area contributed by atoms with Gasteiger partial charge in [-0.2, -0.15) is 4.31 Å². The number of rotatable bonds is 5. The number of hydrogen-bond acceptors (Lipinski definition) is 5. The predicted molar refractivity (Wildman–Crippen MR) is 107 cm³/mol. The van der Waals surface area contributed by atoms with Crippen LogP contribution in [0.2, 0.25) is 5.02 Å². The Balaban J connectivity index is 0.00000261. The number of halogens is 2. The molecule has 0 aliphatic carbocycles. The zero-order valence-electron chi connectivity index (χ0n) is 14.2. The molecule has 1 aliphatic heterocycles. The van der Waals surface area contributed by atoms with Crippen molar-refractivity contribution in [3.8, 4) is 0 Å². The molecule has 0 saturated carbocycles. The summed E-state index contributed by atoms with van der Waals surface area (Å²) in [5, 5.41) is 14.5. The van der Waals surface area contributed by atoms with Gasteiger partial charge < -0.3 is 5.32 Å². The van der Waals surface area contributed by atoms with Gasteiger partial charge >= 0.3 is 0 Å². The van der Waals surface area contributed by atoms with Crippen LogP contribution in [0.25, 0.3) is 0 Å². The van der Waals surface area contributed by atoms with Gasteiger partial charge in [-0.3, -0.25) is 10.1 Å². The normalized spacial score (nSPS) is 17.9. The number of piperazine rings is 1. The highest BCUT2D eigenvalue weighted by atomic mass is 35.5. The topological polar surface area (TPSA) is 92.5 Å². The summed E-state index contributed by atoms with van der Waals surface area (Å²) in [6.07, 6.45) is 0. The van der Waals surface area contributed by atoms with E-state index in [1.165, 1.54) is 28.6 Å². The Morgan fingerprint density at radius 3 is 2.56 bits per heavy atom. The highest BCUT2D eigenvalue weighted by molar-refractivity contribution is 7.88. The van der Waals surface area contributed by atoms with Crippen LogP contribution in [-0.4, -0.2) is 37.3 Å². The maximum atomic E-state index is 13.0. The molecule has 1 atom stereocenters. The summed E-state index contributed by atoms with van der Waals surface area (Å²) in [6.45, 7) is 1.42. The summed E-state index contributed by atoms with van der Waals surface area (Å²) < 4.78 is 27.4. The minimum atomic E-state index is -3.60. The average Bonchev–Trinajstić information content (AvgIpc) is 2.62. The number of sulfonamides is 1. The molecular weight excluding hydrogens is 413 g/mol. The molecule has 1 unspecified atom stereocenters. The van der Waals surface area contributed by atoms with E-state index in [9.17, 15) is 18.5 Å². The molecule has 0 radical (unpaired) electrons. The Morgan fingerprint density at radius 2 is 1.93 bits per heavy atom. The lowest BCUT2D eigenvalue weighted by Gasteiger charge is -2.35. The SMILES string of the molecule is Cl.O=[N+]([O-])c1ccc(CS(=O)(=O)N2CCNCC2c2cccc(Cl)c2)cc1. The summed E-state index contributed by atoms with van der Waals surface area (Å²) in [4.78, 5) is 10.2. The number of benzene rings is 2. The second-order valence-corrected chi connectivity index (χ2v) is 8.42. The van der Waals surface area contributed by atoms with Crippen molar-refractivity contribution < 1.29 is 13.3 Å². The maximum Gasteiger partial charge on any atom is 0.269 e. The van der Waals surface area contributed by atoms with Crippen molar-refractivity contribution in [2.24, 2.45) is 0 Å². The standard InChI is InChI=1S/C17H18ClN3O4S.ClH/c18-15-3-1-2-14(10-15)17-11-19-8-9-20(17)26(24,25)12-13-4-6-16(7-5-13)21(22)23;/h1-7,10,17,19H,8-9,11-12H2;1H. The lowest BCUT2D eigenvalue weighted by molar-refractivity contribution is -0.384. The first-order valence-electron chi connectivity index (χ1n) is 8.06. The molecule has 10 heteroatoms. The molecule has 2 aromatic carbocycles. The summed E-state index contributed by atoms with van der Waals surface area (Å²) in [5.41, 5.74) is 1.28. The minimum Gasteiger partial charge on any atom is -0.313 e. The van der Waals surface area contributed by atoms with Gasteiger partial charge in [0.15, 0.2) is 0 Å². The van der Waals surface area contributed by atoms with Crippen molar-refractivity contribution in [2.45, 2.75) is 11.8 Å². The molecule has 3 rings (SSSR count). The van der Waals surface area contributed by atoms with Crippen LogP contribution in [-0.2, 0) is 15.8 Å². The Hall–Kier alpha value is -1.71. The highest BCUT2D eigenvalue weighted by Crippen LogP contribution is 2.28. The monoisotopic (exact) mass is 431 g/mol. The molecule has 27 heavy (non-hydrogen) atoms. The molecule has 0 aromatic heterocycles. The van der Waals surface area contributed by atoms with Crippen molar-refractivity contribution in [3.05, 3.63) is 74.8 Å². The van der Waals surface area contributed by atoms with Gasteiger partial charge in [-0.1, -0.05) is 35.9 Å². The Morgan fingerprint density at radius 1 is 1.22 bits per heavy atom. The Labute approximate surface area is 168 Å². The molecular formula is C17H19Cl2N3O4S. The van der Waals surface area contributed by atoms with Crippen LogP contribution in [0.15, 0.2) is 48.5 Å². The van der Waals surface area contributed by atoms with E-state index in [2.05, 4.69) is 5.32 Å². The second-order valence-electron chi connectivity index (χ2n) is 6.07. The minimum absolute atomic E-state index is 0. The predicted octanol–water partition coefficient (Wildman–Crippen LogP) is 3.15. The first-order valence-corrected chi connectivity index (χ1v) is 10.0. The van der Waals surface area contributed by atoms with Gasteiger partial charge in [-0.15, -0.1) is 12.4 Å². The molecule has 0 spiro atoms. The molecule has 1 aliphatic rings. The molecule has 1 N–H and O–H groups in total. The Bertz CT molecular complexity index is 907. The zero-order valence-corrected chi connectivity index (χ0v) is 16.6. The molecule has 146 valence electrons. The van der Waals surface area contributed by atoms with Gasteiger partial charge in [-0.05, 0) is 23.3 Å². The van der Waals surface area contributed by atoms with Crippen molar-refractivity contribution >= 4 is 39.7 Å². The van der Waals surface area contributed by atoms with Gasteiger partial charge in [0.25, 0.3) is 5.69 Å². The average molecular weight is 432 g/mol. The smallest absolute Gasteiger partial charge is 0.269 e. The maximum absolute atomic E-state index is 13.0. The van der Waals surface area contributed by atoms with Gasteiger partial charge in [0, 0.05) is 36.8 Å². The molecule has 2 aromatic rings. The van der Waals surface area contributed by atoms with Crippen molar-refractivity contribution in [1.82, 2.24) is 9.62 Å². The second kappa shape index (κ2) is 8.99. The third kappa shape index (κ3) is 5.18. The van der Waals surface area contributed by atoms with Gasteiger partial charge in [-0.25, -0.2) is 8.42 Å². The number of nitrogens with zero attached hydrogens (tertiary/aromatic N) is 2. The largest absolute Gasteiger partial charge is 0.313 e. The van der Waals surface area contributed by atoms with Crippen LogP contribution < -0.4 is 5.32 Å². The van der Waals surface area contributed by atoms with Gasteiger partial charge in [0.2, 0.25) is 10.0 Å². The molecule has 1 heterocycles. The van der Waals surface area contributed by atoms with Crippen LogP contribution in [0.3, 0.4) is 0 Å². The van der Waals surface area contributed by atoms with E-state index in [1.54, 1.807) is 18.2 Å². The van der Waals surface area contributed by atoms with Crippen LogP contribution in [0.5, 0.6) is 0 Å². The quantitative estimate of drug-likeness (QED) is 0.579. The number of nitrogens with one attached hydrogen (secondary N) is 1. The Kier molecular flexibility index (Phi) is 7.19. The number of nitro groups is 1. The van der Waals surface area contributed by atoms with Crippen LogP contribution in [0.1, 0.15) is 17.2 Å². The van der Waals surface area contributed by atoms with Gasteiger partial charge in [0.05, 0.1) is 16.7 Å². The zero-order chi connectivity index (χ0) is 18.7. The van der Waals surface area contributed by atoms with Crippen LogP contribution >= 0.6 is 24.0 Å². The highest BCUT2D eigenvalue weighted by Gasteiger charge is 2.33. The number of nitro benzene ring substituents is 1. The fraction of sp³-hybridized carbons (Fsp3) is 0.294. The van der Waals surface area contributed by atoms with Crippen molar-refractivity contribution in [3.63, 3.8) is 0 Å². The third-order valence-corrected chi connectivity index (χ3v) is 6.37. The van der Waals surface area contributed by atoms with E-state index in [-0.39, 0.29) is 29.9 Å². The number of hydrogen-bond donors (Lipinski definition) is 1. The lowest BCUT2D eigenvalue weighted by Crippen LogP contribution is -2.48. The summed E-state index contributed by atoms with van der Waals surface area (Å²) in [7, 11) is -3.60. The fourth-order valence-corrected chi connectivity index (χ4v) is 4.96. The van der Waals surface area contributed by atoms with Crippen molar-refractivity contribution in [1.29, 1.82) is 0 Å². The van der Waals surface area contributed by atoms with E-state index >= 15 is 0 Å². The van der Waals surface area contributed by atoms with Crippen LogP contribution in [0.4, 0.5) is 5.69 Å². The third-order valence-electron chi connectivity index (χ3n) is 4.28. The lowest BCUT2D eigenvalue weighted by atomic mass is 10.1. The first kappa shape index (κ1) is 21.6. The summed E-state index contributed by atoms with van der Waals surface area (Å²) in [5.74, 6) is -0.206. The summed E-state index contributed by atoms with van der Waals surface area (Å²) >= 11 is 6.05. The van der Waals surface area contributed by atoms with Gasteiger partial charge in [0.1, 0.15) is 0 Å².